The third kappa shape index (κ3) is 1.46. The fraction of sp³-hybridized carbons (Fsp3) is 0.500. The highest BCUT2D eigenvalue weighted by Crippen LogP contribution is 2.30. The topological polar surface area (TPSA) is 34.1 Å². The Bertz CT molecular complexity index is 328. The Kier molecular flexibility index (Phi) is 1.68. The molecule has 13 heavy (non-hydrogen) atoms. The van der Waals surface area contributed by atoms with Gasteiger partial charge in [-0.25, -0.2) is 4.98 Å². The van der Waals surface area contributed by atoms with Crippen LogP contribution in [-0.4, -0.2) is 11.7 Å². The van der Waals surface area contributed by atoms with Gasteiger partial charge in [-0.2, -0.15) is 0 Å². The standard InChI is InChI=1S/C10H14N2O/c1-10(2,3)8-5-4-7-9(12-8)13-6-11-7/h4-5,11H,6H2,1-3H3. The maximum absolute atomic E-state index is 5.31. The summed E-state index contributed by atoms with van der Waals surface area (Å²) >= 11 is 0. The minimum absolute atomic E-state index is 0.0843. The molecule has 0 saturated carbocycles. The second-order valence-corrected chi connectivity index (χ2v) is 4.26. The number of hydrogen-bond donors (Lipinski definition) is 1. The van der Waals surface area contributed by atoms with Gasteiger partial charge in [0.05, 0.1) is 5.69 Å². The number of ether oxygens (including phenoxy) is 1. The second-order valence-electron chi connectivity index (χ2n) is 4.26. The van der Waals surface area contributed by atoms with Crippen LogP contribution in [0.4, 0.5) is 5.69 Å². The first-order valence-corrected chi connectivity index (χ1v) is 4.45. The molecule has 1 aliphatic rings. The summed E-state index contributed by atoms with van der Waals surface area (Å²) in [6, 6.07) is 4.07. The van der Waals surface area contributed by atoms with Gasteiger partial charge in [-0.3, -0.25) is 0 Å². The summed E-state index contributed by atoms with van der Waals surface area (Å²) in [6.07, 6.45) is 0. The summed E-state index contributed by atoms with van der Waals surface area (Å²) in [5, 5.41) is 3.09. The van der Waals surface area contributed by atoms with E-state index in [-0.39, 0.29) is 5.41 Å². The van der Waals surface area contributed by atoms with Crippen molar-refractivity contribution in [2.45, 2.75) is 26.2 Å². The van der Waals surface area contributed by atoms with E-state index in [1.807, 2.05) is 12.1 Å². The number of pyridine rings is 1. The molecule has 0 radical (unpaired) electrons. The van der Waals surface area contributed by atoms with Crippen molar-refractivity contribution >= 4 is 5.69 Å². The monoisotopic (exact) mass is 178 g/mol. The van der Waals surface area contributed by atoms with Crippen LogP contribution in [0.1, 0.15) is 26.5 Å². The predicted molar refractivity (Wildman–Crippen MR) is 52.1 cm³/mol. The lowest BCUT2D eigenvalue weighted by atomic mass is 9.92. The molecule has 0 aromatic carbocycles. The smallest absolute Gasteiger partial charge is 0.239 e. The third-order valence-corrected chi connectivity index (χ3v) is 2.10. The van der Waals surface area contributed by atoms with Crippen molar-refractivity contribution in [1.29, 1.82) is 0 Å². The van der Waals surface area contributed by atoms with Crippen LogP contribution in [0, 0.1) is 0 Å². The van der Waals surface area contributed by atoms with Gasteiger partial charge in [0, 0.05) is 11.1 Å². The van der Waals surface area contributed by atoms with Crippen LogP contribution in [0.3, 0.4) is 0 Å². The van der Waals surface area contributed by atoms with Crippen LogP contribution in [0.2, 0.25) is 0 Å². The molecule has 0 saturated heterocycles. The molecule has 2 rings (SSSR count). The normalized spacial score (nSPS) is 14.7. The van der Waals surface area contributed by atoms with Gasteiger partial charge in [0.25, 0.3) is 0 Å². The van der Waals surface area contributed by atoms with Gasteiger partial charge in [-0.05, 0) is 12.1 Å². The van der Waals surface area contributed by atoms with E-state index in [4.69, 9.17) is 4.74 Å². The van der Waals surface area contributed by atoms with Gasteiger partial charge in [-0.1, -0.05) is 20.8 Å². The van der Waals surface area contributed by atoms with Crippen molar-refractivity contribution in [2.24, 2.45) is 0 Å². The Morgan fingerprint density at radius 1 is 1.38 bits per heavy atom. The van der Waals surface area contributed by atoms with Gasteiger partial charge in [0.15, 0.2) is 6.73 Å². The molecule has 0 aliphatic carbocycles. The molecule has 1 aromatic rings. The highest BCUT2D eigenvalue weighted by molar-refractivity contribution is 5.55. The zero-order valence-electron chi connectivity index (χ0n) is 8.22. The van der Waals surface area contributed by atoms with E-state index in [9.17, 15) is 0 Å². The summed E-state index contributed by atoms with van der Waals surface area (Å²) in [6.45, 7) is 6.97. The maximum Gasteiger partial charge on any atom is 0.239 e. The Morgan fingerprint density at radius 2 is 2.15 bits per heavy atom. The Balaban J connectivity index is 2.42. The summed E-state index contributed by atoms with van der Waals surface area (Å²) < 4.78 is 5.31. The van der Waals surface area contributed by atoms with Crippen LogP contribution in [0.5, 0.6) is 5.88 Å². The molecule has 0 spiro atoms. The number of nitrogens with one attached hydrogen (secondary N) is 1. The molecule has 3 nitrogen and oxygen atoms in total. The Labute approximate surface area is 78.1 Å². The van der Waals surface area contributed by atoms with E-state index >= 15 is 0 Å². The fourth-order valence-corrected chi connectivity index (χ4v) is 1.28. The summed E-state index contributed by atoms with van der Waals surface area (Å²) in [5.74, 6) is 0.729. The molecule has 0 atom stereocenters. The Hall–Kier alpha value is -1.25. The van der Waals surface area contributed by atoms with E-state index in [0.29, 0.717) is 6.73 Å². The number of nitrogens with zero attached hydrogens (tertiary/aromatic N) is 1. The number of anilines is 1. The molecule has 0 amide bonds. The number of fused-ring (bicyclic) bond motifs is 1. The van der Waals surface area contributed by atoms with Crippen molar-refractivity contribution in [1.82, 2.24) is 4.98 Å². The third-order valence-electron chi connectivity index (χ3n) is 2.10. The van der Waals surface area contributed by atoms with Crippen molar-refractivity contribution < 1.29 is 4.74 Å². The van der Waals surface area contributed by atoms with Crippen molar-refractivity contribution in [3.05, 3.63) is 17.8 Å². The first-order chi connectivity index (χ1) is 6.07. The van der Waals surface area contributed by atoms with Crippen LogP contribution in [0.15, 0.2) is 12.1 Å². The van der Waals surface area contributed by atoms with Crippen LogP contribution in [-0.2, 0) is 5.41 Å². The van der Waals surface area contributed by atoms with E-state index in [2.05, 4.69) is 31.1 Å². The van der Waals surface area contributed by atoms with Gasteiger partial charge in [0.2, 0.25) is 5.88 Å². The van der Waals surface area contributed by atoms with E-state index < -0.39 is 0 Å². The molecular formula is C10H14N2O. The molecule has 3 heteroatoms. The van der Waals surface area contributed by atoms with Gasteiger partial charge in [-0.15, -0.1) is 0 Å². The van der Waals surface area contributed by atoms with E-state index in [1.165, 1.54) is 0 Å². The maximum atomic E-state index is 5.31. The highest BCUT2D eigenvalue weighted by atomic mass is 16.5. The number of hydrogen-bond acceptors (Lipinski definition) is 3. The number of rotatable bonds is 0. The fourth-order valence-electron chi connectivity index (χ4n) is 1.28. The van der Waals surface area contributed by atoms with Crippen LogP contribution >= 0.6 is 0 Å². The van der Waals surface area contributed by atoms with Crippen molar-refractivity contribution in [2.75, 3.05) is 12.0 Å². The molecule has 1 N–H and O–H groups in total. The molecule has 1 aromatic heterocycles. The molecule has 1 aliphatic heterocycles. The average Bonchev–Trinajstić information content (AvgIpc) is 2.47. The van der Waals surface area contributed by atoms with Gasteiger partial charge >= 0.3 is 0 Å². The van der Waals surface area contributed by atoms with Crippen molar-refractivity contribution in [3.8, 4) is 5.88 Å². The minimum atomic E-state index is 0.0843. The molecule has 2 heterocycles. The molecule has 70 valence electrons. The van der Waals surface area contributed by atoms with Crippen LogP contribution < -0.4 is 10.1 Å². The summed E-state index contributed by atoms with van der Waals surface area (Å²) in [5.41, 5.74) is 2.14. The van der Waals surface area contributed by atoms with Crippen LogP contribution in [0.25, 0.3) is 0 Å². The summed E-state index contributed by atoms with van der Waals surface area (Å²) in [4.78, 5) is 4.44. The lowest BCUT2D eigenvalue weighted by Gasteiger charge is -2.17. The van der Waals surface area contributed by atoms with E-state index in [1.54, 1.807) is 0 Å². The molecular weight excluding hydrogens is 164 g/mol. The SMILES string of the molecule is CC(C)(C)c1ccc2c(n1)OCN2. The summed E-state index contributed by atoms with van der Waals surface area (Å²) in [7, 11) is 0. The zero-order valence-corrected chi connectivity index (χ0v) is 8.22. The molecule has 0 unspecified atom stereocenters. The first kappa shape index (κ1) is 8.35. The quantitative estimate of drug-likeness (QED) is 0.661. The molecule has 0 bridgehead atoms. The van der Waals surface area contributed by atoms with Crippen molar-refractivity contribution in [3.63, 3.8) is 0 Å². The minimum Gasteiger partial charge on any atom is -0.455 e. The second kappa shape index (κ2) is 2.62. The van der Waals surface area contributed by atoms with Gasteiger partial charge < -0.3 is 10.1 Å². The lowest BCUT2D eigenvalue weighted by molar-refractivity contribution is 0.356. The highest BCUT2D eigenvalue weighted by Gasteiger charge is 2.19. The largest absolute Gasteiger partial charge is 0.455 e. The lowest BCUT2D eigenvalue weighted by Crippen LogP contribution is -2.13. The Morgan fingerprint density at radius 3 is 2.85 bits per heavy atom. The molecule has 0 fully saturated rings. The first-order valence-electron chi connectivity index (χ1n) is 4.45. The number of aromatic nitrogens is 1. The zero-order chi connectivity index (χ0) is 9.47. The van der Waals surface area contributed by atoms with Gasteiger partial charge in [0.1, 0.15) is 0 Å². The average molecular weight is 178 g/mol. The van der Waals surface area contributed by atoms with E-state index in [0.717, 1.165) is 17.3 Å². The predicted octanol–water partition coefficient (Wildman–Crippen LogP) is 2.14.